The molecule has 2 saturated carbocycles. The highest BCUT2D eigenvalue weighted by molar-refractivity contribution is 7.80. The third-order valence-corrected chi connectivity index (χ3v) is 5.10. The highest BCUT2D eigenvalue weighted by atomic mass is 32.1. The van der Waals surface area contributed by atoms with E-state index in [-0.39, 0.29) is 0 Å². The molecule has 0 aromatic heterocycles. The lowest BCUT2D eigenvalue weighted by atomic mass is 9.88. The second-order valence-electron chi connectivity index (χ2n) is 6.04. The van der Waals surface area contributed by atoms with Crippen molar-refractivity contribution in [1.82, 2.24) is 4.90 Å². The van der Waals surface area contributed by atoms with E-state index in [9.17, 15) is 0 Å². The first kappa shape index (κ1) is 11.8. The fourth-order valence-electron chi connectivity index (χ4n) is 3.18. The molecule has 0 aromatic rings. The van der Waals surface area contributed by atoms with Gasteiger partial charge in [-0.3, -0.25) is 0 Å². The van der Waals surface area contributed by atoms with Crippen LogP contribution in [-0.2, 0) is 0 Å². The monoisotopic (exact) mass is 227 g/mol. The maximum atomic E-state index is 4.57. The summed E-state index contributed by atoms with van der Waals surface area (Å²) in [6.45, 7) is 4.97. The zero-order valence-electron chi connectivity index (χ0n) is 10.2. The van der Waals surface area contributed by atoms with Crippen LogP contribution in [-0.4, -0.2) is 30.8 Å². The van der Waals surface area contributed by atoms with Gasteiger partial charge in [0.1, 0.15) is 0 Å². The highest BCUT2D eigenvalue weighted by Gasteiger charge is 2.37. The van der Waals surface area contributed by atoms with Crippen LogP contribution in [0.15, 0.2) is 0 Å². The molecule has 0 radical (unpaired) electrons. The maximum Gasteiger partial charge on any atom is 0.00429 e. The van der Waals surface area contributed by atoms with Crippen molar-refractivity contribution < 1.29 is 0 Å². The Morgan fingerprint density at radius 1 is 1.33 bits per heavy atom. The zero-order chi connectivity index (χ0) is 10.9. The van der Waals surface area contributed by atoms with E-state index in [4.69, 9.17) is 0 Å². The molecule has 0 amide bonds. The smallest absolute Gasteiger partial charge is 0.00429 e. The lowest BCUT2D eigenvalue weighted by Gasteiger charge is -2.32. The molecule has 0 N–H and O–H groups in total. The summed E-state index contributed by atoms with van der Waals surface area (Å²) in [6.07, 6.45) is 7.11. The van der Waals surface area contributed by atoms with Gasteiger partial charge < -0.3 is 4.90 Å². The van der Waals surface area contributed by atoms with Crippen LogP contribution >= 0.6 is 12.6 Å². The SMILES string of the molecule is CC1CC1CN(C)CC1(CS)CCCC1. The lowest BCUT2D eigenvalue weighted by Crippen LogP contribution is -2.36. The van der Waals surface area contributed by atoms with Crippen molar-refractivity contribution >= 4 is 12.6 Å². The molecule has 0 heterocycles. The summed E-state index contributed by atoms with van der Waals surface area (Å²) in [5.41, 5.74) is 0.552. The van der Waals surface area contributed by atoms with Gasteiger partial charge in [0.2, 0.25) is 0 Å². The van der Waals surface area contributed by atoms with Crippen LogP contribution in [0.3, 0.4) is 0 Å². The van der Waals surface area contributed by atoms with E-state index >= 15 is 0 Å². The second kappa shape index (κ2) is 4.67. The van der Waals surface area contributed by atoms with E-state index in [2.05, 4.69) is 31.5 Å². The van der Waals surface area contributed by atoms with Crippen LogP contribution in [0.1, 0.15) is 39.0 Å². The Hall–Kier alpha value is 0.310. The summed E-state index contributed by atoms with van der Waals surface area (Å²) in [4.78, 5) is 2.57. The molecule has 0 bridgehead atoms. The third kappa shape index (κ3) is 2.91. The molecule has 2 aliphatic carbocycles. The molecule has 0 spiro atoms. The molecule has 2 aliphatic rings. The van der Waals surface area contributed by atoms with Gasteiger partial charge in [-0.05, 0) is 49.3 Å². The summed E-state index contributed by atoms with van der Waals surface area (Å²) in [5.74, 6) is 3.06. The normalized spacial score (nSPS) is 33.6. The van der Waals surface area contributed by atoms with Crippen molar-refractivity contribution in [3.8, 4) is 0 Å². The van der Waals surface area contributed by atoms with E-state index < -0.39 is 0 Å². The Balaban J connectivity index is 1.78. The largest absolute Gasteiger partial charge is 0.306 e. The molecule has 2 rings (SSSR count). The Labute approximate surface area is 100 Å². The molecule has 88 valence electrons. The van der Waals surface area contributed by atoms with Crippen LogP contribution in [0.5, 0.6) is 0 Å². The second-order valence-corrected chi connectivity index (χ2v) is 6.35. The minimum atomic E-state index is 0.552. The predicted octanol–water partition coefficient (Wildman–Crippen LogP) is 3.06. The van der Waals surface area contributed by atoms with Crippen LogP contribution in [0.25, 0.3) is 0 Å². The quantitative estimate of drug-likeness (QED) is 0.707. The average Bonchev–Trinajstić information content (AvgIpc) is 2.71. The minimum Gasteiger partial charge on any atom is -0.306 e. The highest BCUT2D eigenvalue weighted by Crippen LogP contribution is 2.41. The predicted molar refractivity (Wildman–Crippen MR) is 69.5 cm³/mol. The molecule has 1 nitrogen and oxygen atoms in total. The van der Waals surface area contributed by atoms with E-state index in [1.54, 1.807) is 0 Å². The summed E-state index contributed by atoms with van der Waals surface area (Å²) in [6, 6.07) is 0. The van der Waals surface area contributed by atoms with E-state index in [1.165, 1.54) is 45.2 Å². The van der Waals surface area contributed by atoms with Gasteiger partial charge in [-0.2, -0.15) is 12.6 Å². The first-order valence-corrected chi connectivity index (χ1v) is 7.08. The zero-order valence-corrected chi connectivity index (χ0v) is 11.1. The molecular weight excluding hydrogens is 202 g/mol. The first-order chi connectivity index (χ1) is 7.15. The van der Waals surface area contributed by atoms with Crippen LogP contribution in [0.2, 0.25) is 0 Å². The fraction of sp³-hybridized carbons (Fsp3) is 1.00. The fourth-order valence-corrected chi connectivity index (χ4v) is 3.60. The van der Waals surface area contributed by atoms with Gasteiger partial charge in [-0.1, -0.05) is 19.8 Å². The van der Waals surface area contributed by atoms with Crippen molar-refractivity contribution in [2.24, 2.45) is 17.3 Å². The van der Waals surface area contributed by atoms with Gasteiger partial charge in [0.25, 0.3) is 0 Å². The van der Waals surface area contributed by atoms with Gasteiger partial charge in [0, 0.05) is 13.1 Å². The molecule has 2 fully saturated rings. The van der Waals surface area contributed by atoms with Gasteiger partial charge >= 0.3 is 0 Å². The number of rotatable bonds is 5. The van der Waals surface area contributed by atoms with Gasteiger partial charge in [0.05, 0.1) is 0 Å². The van der Waals surface area contributed by atoms with Crippen LogP contribution < -0.4 is 0 Å². The Morgan fingerprint density at radius 3 is 2.40 bits per heavy atom. The van der Waals surface area contributed by atoms with Crippen molar-refractivity contribution in [2.75, 3.05) is 25.9 Å². The van der Waals surface area contributed by atoms with E-state index in [1.807, 2.05) is 0 Å². The average molecular weight is 227 g/mol. The van der Waals surface area contributed by atoms with Gasteiger partial charge in [0.15, 0.2) is 0 Å². The van der Waals surface area contributed by atoms with Crippen molar-refractivity contribution in [1.29, 1.82) is 0 Å². The van der Waals surface area contributed by atoms with Crippen LogP contribution in [0, 0.1) is 17.3 Å². The third-order valence-electron chi connectivity index (χ3n) is 4.43. The topological polar surface area (TPSA) is 3.24 Å². The van der Waals surface area contributed by atoms with Crippen molar-refractivity contribution in [3.05, 3.63) is 0 Å². The van der Waals surface area contributed by atoms with Crippen molar-refractivity contribution in [3.63, 3.8) is 0 Å². The van der Waals surface area contributed by atoms with Crippen molar-refractivity contribution in [2.45, 2.75) is 39.0 Å². The molecule has 15 heavy (non-hydrogen) atoms. The van der Waals surface area contributed by atoms with E-state index in [0.717, 1.165) is 17.6 Å². The minimum absolute atomic E-state index is 0.552. The first-order valence-electron chi connectivity index (χ1n) is 6.45. The number of nitrogens with zero attached hydrogens (tertiary/aromatic N) is 1. The standard InChI is InChI=1S/C13H25NS/c1-11-7-12(11)8-14(2)9-13(10-15)5-3-4-6-13/h11-12,15H,3-10H2,1-2H3. The van der Waals surface area contributed by atoms with Gasteiger partial charge in [-0.15, -0.1) is 0 Å². The number of hydrogen-bond donors (Lipinski definition) is 1. The molecule has 0 aromatic carbocycles. The maximum absolute atomic E-state index is 4.57. The summed E-state index contributed by atoms with van der Waals surface area (Å²) in [7, 11) is 2.30. The van der Waals surface area contributed by atoms with Gasteiger partial charge in [-0.25, -0.2) is 0 Å². The lowest BCUT2D eigenvalue weighted by molar-refractivity contribution is 0.194. The summed E-state index contributed by atoms with van der Waals surface area (Å²) in [5, 5.41) is 0. The molecule has 2 atom stereocenters. The summed E-state index contributed by atoms with van der Waals surface area (Å²) >= 11 is 4.57. The molecule has 0 aliphatic heterocycles. The Kier molecular flexibility index (Phi) is 3.67. The molecule has 2 unspecified atom stereocenters. The number of thiol groups is 1. The molecular formula is C13H25NS. The molecule has 2 heteroatoms. The Morgan fingerprint density at radius 2 is 1.93 bits per heavy atom. The molecule has 0 saturated heterocycles. The number of hydrogen-bond acceptors (Lipinski definition) is 2. The summed E-state index contributed by atoms with van der Waals surface area (Å²) < 4.78 is 0. The van der Waals surface area contributed by atoms with Crippen LogP contribution in [0.4, 0.5) is 0 Å². The Bertz CT molecular complexity index is 211. The van der Waals surface area contributed by atoms with E-state index in [0.29, 0.717) is 5.41 Å².